The van der Waals surface area contributed by atoms with E-state index in [0.29, 0.717) is 0 Å². The molecule has 1 aliphatic carbocycles. The molecule has 1 aliphatic heterocycles. The molecule has 0 saturated carbocycles. The quantitative estimate of drug-likeness (QED) is 0.690. The molecular weight excluding hydrogens is 186 g/mol. The van der Waals surface area contributed by atoms with Crippen molar-refractivity contribution in [3.05, 3.63) is 59.8 Å². The molecule has 2 heteroatoms. The van der Waals surface area contributed by atoms with E-state index in [1.54, 1.807) is 12.5 Å². The fourth-order valence-electron chi connectivity index (χ4n) is 2.12. The third kappa shape index (κ3) is 1.38. The molecule has 2 aliphatic rings. The van der Waals surface area contributed by atoms with Crippen LogP contribution in [0.15, 0.2) is 54.3 Å². The molecule has 0 N–H and O–H groups in total. The van der Waals surface area contributed by atoms with Gasteiger partial charge in [0.05, 0.1) is 12.5 Å². The van der Waals surface area contributed by atoms with Crippen LogP contribution in [0.25, 0.3) is 5.57 Å². The Balaban J connectivity index is 2.10. The van der Waals surface area contributed by atoms with Crippen molar-refractivity contribution in [1.29, 1.82) is 0 Å². The van der Waals surface area contributed by atoms with E-state index in [-0.39, 0.29) is 0 Å². The van der Waals surface area contributed by atoms with Gasteiger partial charge in [0.15, 0.2) is 0 Å². The Morgan fingerprint density at radius 2 is 2.27 bits per heavy atom. The van der Waals surface area contributed by atoms with Crippen molar-refractivity contribution in [3.8, 4) is 0 Å². The number of hydrogen-bond donors (Lipinski definition) is 0. The highest BCUT2D eigenvalue weighted by Crippen LogP contribution is 2.39. The van der Waals surface area contributed by atoms with Crippen LogP contribution in [0.2, 0.25) is 0 Å². The van der Waals surface area contributed by atoms with E-state index < -0.39 is 0 Å². The minimum absolute atomic E-state index is 1.07. The van der Waals surface area contributed by atoms with Crippen molar-refractivity contribution in [2.24, 2.45) is 0 Å². The van der Waals surface area contributed by atoms with Crippen LogP contribution in [-0.4, -0.2) is 4.98 Å². The summed E-state index contributed by atoms with van der Waals surface area (Å²) >= 11 is 0. The summed E-state index contributed by atoms with van der Waals surface area (Å²) in [6, 6.07) is 4.09. The minimum Gasteiger partial charge on any atom is -0.472 e. The zero-order valence-corrected chi connectivity index (χ0v) is 8.31. The van der Waals surface area contributed by atoms with E-state index in [1.807, 2.05) is 24.6 Å². The van der Waals surface area contributed by atoms with Crippen molar-refractivity contribution in [2.45, 2.75) is 12.8 Å². The maximum atomic E-state index is 5.18. The number of ether oxygens (including phenoxy) is 1. The Morgan fingerprint density at radius 1 is 1.27 bits per heavy atom. The number of pyridine rings is 1. The fourth-order valence-corrected chi connectivity index (χ4v) is 2.12. The normalized spacial score (nSPS) is 18.5. The summed E-state index contributed by atoms with van der Waals surface area (Å²) < 4.78 is 5.18. The summed E-state index contributed by atoms with van der Waals surface area (Å²) in [7, 11) is 0. The lowest BCUT2D eigenvalue weighted by molar-refractivity contribution is 0.393. The average molecular weight is 197 g/mol. The van der Waals surface area contributed by atoms with Gasteiger partial charge in [-0.1, -0.05) is 6.07 Å². The van der Waals surface area contributed by atoms with Crippen molar-refractivity contribution >= 4 is 5.57 Å². The van der Waals surface area contributed by atoms with Crippen LogP contribution >= 0.6 is 0 Å². The monoisotopic (exact) mass is 197 g/mol. The van der Waals surface area contributed by atoms with Crippen LogP contribution in [0.1, 0.15) is 18.4 Å². The van der Waals surface area contributed by atoms with Crippen molar-refractivity contribution in [3.63, 3.8) is 0 Å². The predicted octanol–water partition coefficient (Wildman–Crippen LogP) is 3.06. The van der Waals surface area contributed by atoms with E-state index in [0.717, 1.165) is 12.8 Å². The Bertz CT molecular complexity index is 469. The van der Waals surface area contributed by atoms with Gasteiger partial charge in [0, 0.05) is 12.4 Å². The van der Waals surface area contributed by atoms with Crippen LogP contribution in [0.3, 0.4) is 0 Å². The molecule has 74 valence electrons. The van der Waals surface area contributed by atoms with Gasteiger partial charge in [-0.15, -0.1) is 0 Å². The average Bonchev–Trinajstić information content (AvgIpc) is 2.74. The second-order valence-electron chi connectivity index (χ2n) is 3.72. The largest absolute Gasteiger partial charge is 0.472 e. The SMILES string of the molecule is C1=CC2=C(c3cccnc3)CCC2=CO1. The number of rotatable bonds is 1. The maximum Gasteiger partial charge on any atom is 0.0939 e. The Morgan fingerprint density at radius 3 is 3.13 bits per heavy atom. The van der Waals surface area contributed by atoms with Gasteiger partial charge in [0.2, 0.25) is 0 Å². The van der Waals surface area contributed by atoms with E-state index in [1.165, 1.54) is 22.3 Å². The molecular formula is C13H11NO. The number of fused-ring (bicyclic) bond motifs is 1. The highest BCUT2D eigenvalue weighted by Gasteiger charge is 2.20. The van der Waals surface area contributed by atoms with Gasteiger partial charge in [-0.2, -0.15) is 0 Å². The molecule has 0 spiro atoms. The lowest BCUT2D eigenvalue weighted by Crippen LogP contribution is -1.89. The molecule has 0 unspecified atom stereocenters. The third-order valence-electron chi connectivity index (χ3n) is 2.85. The summed E-state index contributed by atoms with van der Waals surface area (Å²) in [6.07, 6.45) is 11.5. The van der Waals surface area contributed by atoms with Gasteiger partial charge < -0.3 is 4.74 Å². The van der Waals surface area contributed by atoms with Gasteiger partial charge in [0.1, 0.15) is 0 Å². The molecule has 15 heavy (non-hydrogen) atoms. The molecule has 0 atom stereocenters. The number of hydrogen-bond acceptors (Lipinski definition) is 2. The standard InChI is InChI=1S/C13H11NO/c1-2-10(8-14-6-1)12-4-3-11-9-15-7-5-13(11)12/h1-2,5-9H,3-4H2. The highest BCUT2D eigenvalue weighted by molar-refractivity contribution is 5.78. The van der Waals surface area contributed by atoms with Crippen LogP contribution in [0.5, 0.6) is 0 Å². The molecule has 3 rings (SSSR count). The summed E-state index contributed by atoms with van der Waals surface area (Å²) in [5, 5.41) is 0. The lowest BCUT2D eigenvalue weighted by atomic mass is 10.0. The zero-order chi connectivity index (χ0) is 10.1. The predicted molar refractivity (Wildman–Crippen MR) is 58.7 cm³/mol. The van der Waals surface area contributed by atoms with E-state index >= 15 is 0 Å². The molecule has 0 fully saturated rings. The first-order chi connectivity index (χ1) is 7.45. The molecule has 0 saturated heterocycles. The minimum atomic E-state index is 1.07. The van der Waals surface area contributed by atoms with Gasteiger partial charge in [-0.05, 0) is 47.3 Å². The van der Waals surface area contributed by atoms with Crippen LogP contribution in [0.4, 0.5) is 0 Å². The molecule has 0 radical (unpaired) electrons. The molecule has 1 aromatic heterocycles. The summed E-state index contributed by atoms with van der Waals surface area (Å²) in [4.78, 5) is 4.16. The summed E-state index contributed by atoms with van der Waals surface area (Å²) in [6.45, 7) is 0. The first-order valence-corrected chi connectivity index (χ1v) is 5.10. The Kier molecular flexibility index (Phi) is 1.91. The first kappa shape index (κ1) is 8.48. The van der Waals surface area contributed by atoms with Gasteiger partial charge >= 0.3 is 0 Å². The molecule has 0 amide bonds. The number of nitrogens with zero attached hydrogens (tertiary/aromatic N) is 1. The molecule has 0 aromatic carbocycles. The second kappa shape index (κ2) is 3.39. The fraction of sp³-hybridized carbons (Fsp3) is 0.154. The maximum absolute atomic E-state index is 5.18. The summed E-state index contributed by atoms with van der Waals surface area (Å²) in [5.74, 6) is 0. The van der Waals surface area contributed by atoms with Crippen molar-refractivity contribution < 1.29 is 4.74 Å². The summed E-state index contributed by atoms with van der Waals surface area (Å²) in [5.41, 5.74) is 5.22. The van der Waals surface area contributed by atoms with Crippen LogP contribution < -0.4 is 0 Å². The van der Waals surface area contributed by atoms with Crippen LogP contribution in [0, 0.1) is 0 Å². The molecule has 2 heterocycles. The van der Waals surface area contributed by atoms with E-state index in [4.69, 9.17) is 4.74 Å². The van der Waals surface area contributed by atoms with Gasteiger partial charge in [0.25, 0.3) is 0 Å². The van der Waals surface area contributed by atoms with E-state index in [9.17, 15) is 0 Å². The Hall–Kier alpha value is -1.83. The smallest absolute Gasteiger partial charge is 0.0939 e. The zero-order valence-electron chi connectivity index (χ0n) is 8.31. The Labute approximate surface area is 88.6 Å². The van der Waals surface area contributed by atoms with Gasteiger partial charge in [-0.3, -0.25) is 4.98 Å². The molecule has 2 nitrogen and oxygen atoms in total. The number of allylic oxidation sites excluding steroid dienone is 4. The lowest BCUT2D eigenvalue weighted by Gasteiger charge is -2.07. The first-order valence-electron chi connectivity index (χ1n) is 5.10. The molecule has 0 bridgehead atoms. The third-order valence-corrected chi connectivity index (χ3v) is 2.85. The van der Waals surface area contributed by atoms with Crippen molar-refractivity contribution in [2.75, 3.05) is 0 Å². The second-order valence-corrected chi connectivity index (χ2v) is 3.72. The van der Waals surface area contributed by atoms with Crippen LogP contribution in [-0.2, 0) is 4.74 Å². The number of aromatic nitrogens is 1. The topological polar surface area (TPSA) is 22.1 Å². The van der Waals surface area contributed by atoms with Crippen molar-refractivity contribution in [1.82, 2.24) is 4.98 Å². The van der Waals surface area contributed by atoms with Gasteiger partial charge in [-0.25, -0.2) is 0 Å². The highest BCUT2D eigenvalue weighted by atomic mass is 16.5. The van der Waals surface area contributed by atoms with E-state index in [2.05, 4.69) is 11.1 Å². The molecule has 1 aromatic rings.